The summed E-state index contributed by atoms with van der Waals surface area (Å²) in [6, 6.07) is 2.66. The summed E-state index contributed by atoms with van der Waals surface area (Å²) in [4.78, 5) is 28.5. The molecule has 0 aliphatic rings. The van der Waals surface area contributed by atoms with Crippen LogP contribution in [0.1, 0.15) is 20.3 Å². The van der Waals surface area contributed by atoms with E-state index in [0.717, 1.165) is 6.42 Å². The quantitative estimate of drug-likeness (QED) is 0.798. The van der Waals surface area contributed by atoms with Crippen LogP contribution in [0.3, 0.4) is 0 Å². The summed E-state index contributed by atoms with van der Waals surface area (Å²) in [5, 5.41) is 12.0. The molecule has 1 amide bonds. The van der Waals surface area contributed by atoms with E-state index >= 15 is 0 Å². The number of carboxylic acid groups (broad SMARTS) is 1. The maximum Gasteiger partial charge on any atom is 0.317 e. The number of nitrogens with zero attached hydrogens (tertiary/aromatic N) is 2. The first-order chi connectivity index (χ1) is 9.43. The Balaban J connectivity index is 0.00000400. The molecule has 0 saturated carbocycles. The van der Waals surface area contributed by atoms with Gasteiger partial charge < -0.3 is 10.4 Å². The summed E-state index contributed by atoms with van der Waals surface area (Å²) in [7, 11) is 0. The van der Waals surface area contributed by atoms with Crippen LogP contribution in [0.4, 0.5) is 5.82 Å². The Hall–Kier alpha value is -1.37. The third-order valence-corrected chi connectivity index (χ3v) is 2.98. The van der Waals surface area contributed by atoms with E-state index in [-0.39, 0.29) is 24.9 Å². The standard InChI is InChI=1S/C13H18ClN3O3.ClH/c1-3-6-17(8-12(18)19)9(2)13(20)16-11-5-4-10(14)7-15-11;/h4-5,7,9H,3,6,8H2,1-2H3,(H,18,19)(H,15,16,20);1H. The van der Waals surface area contributed by atoms with Crippen LogP contribution < -0.4 is 5.32 Å². The van der Waals surface area contributed by atoms with E-state index in [1.807, 2.05) is 6.92 Å². The number of hydrogen-bond donors (Lipinski definition) is 2. The lowest BCUT2D eigenvalue weighted by molar-refractivity contribution is -0.139. The first kappa shape index (κ1) is 19.6. The highest BCUT2D eigenvalue weighted by molar-refractivity contribution is 6.30. The highest BCUT2D eigenvalue weighted by Gasteiger charge is 2.22. The lowest BCUT2D eigenvalue weighted by Crippen LogP contribution is -2.45. The smallest absolute Gasteiger partial charge is 0.317 e. The number of aliphatic carboxylic acids is 1. The molecule has 1 aromatic heterocycles. The zero-order valence-corrected chi connectivity index (χ0v) is 13.4. The van der Waals surface area contributed by atoms with Gasteiger partial charge in [0.1, 0.15) is 5.82 Å². The SMILES string of the molecule is CCCN(CC(=O)O)C(C)C(=O)Nc1ccc(Cl)cn1.Cl. The van der Waals surface area contributed by atoms with Gasteiger partial charge >= 0.3 is 5.97 Å². The van der Waals surface area contributed by atoms with Crippen molar-refractivity contribution in [2.45, 2.75) is 26.3 Å². The molecule has 1 unspecified atom stereocenters. The summed E-state index contributed by atoms with van der Waals surface area (Å²) in [6.07, 6.45) is 2.20. The van der Waals surface area contributed by atoms with Gasteiger partial charge in [0.25, 0.3) is 0 Å². The number of carbonyl (C=O) groups excluding carboxylic acids is 1. The van der Waals surface area contributed by atoms with E-state index in [0.29, 0.717) is 17.4 Å². The predicted molar refractivity (Wildman–Crippen MR) is 84.1 cm³/mol. The van der Waals surface area contributed by atoms with Crippen molar-refractivity contribution >= 4 is 41.7 Å². The molecular formula is C13H19Cl2N3O3. The summed E-state index contributed by atoms with van der Waals surface area (Å²) >= 11 is 5.71. The number of carboxylic acids is 1. The molecule has 2 N–H and O–H groups in total. The number of pyridine rings is 1. The van der Waals surface area contributed by atoms with E-state index in [2.05, 4.69) is 10.3 Å². The van der Waals surface area contributed by atoms with Crippen LogP contribution in [0.5, 0.6) is 0 Å². The molecular weight excluding hydrogens is 317 g/mol. The van der Waals surface area contributed by atoms with Crippen LogP contribution in [-0.4, -0.2) is 46.0 Å². The largest absolute Gasteiger partial charge is 0.480 e. The summed E-state index contributed by atoms with van der Waals surface area (Å²) in [6.45, 7) is 3.97. The van der Waals surface area contributed by atoms with Crippen LogP contribution in [0.2, 0.25) is 5.02 Å². The minimum absolute atomic E-state index is 0. The Bertz CT molecular complexity index is 468. The van der Waals surface area contributed by atoms with Crippen LogP contribution >= 0.6 is 24.0 Å². The molecule has 0 bridgehead atoms. The fourth-order valence-corrected chi connectivity index (χ4v) is 1.83. The van der Waals surface area contributed by atoms with E-state index in [1.165, 1.54) is 6.20 Å². The number of carbonyl (C=O) groups is 2. The number of aromatic nitrogens is 1. The number of amides is 1. The third-order valence-electron chi connectivity index (χ3n) is 2.75. The molecule has 6 nitrogen and oxygen atoms in total. The second kappa shape index (κ2) is 9.55. The molecule has 0 spiro atoms. The van der Waals surface area contributed by atoms with E-state index in [4.69, 9.17) is 16.7 Å². The first-order valence-electron chi connectivity index (χ1n) is 6.32. The zero-order chi connectivity index (χ0) is 15.1. The number of halogens is 2. The minimum atomic E-state index is -0.956. The van der Waals surface area contributed by atoms with Gasteiger partial charge in [-0.1, -0.05) is 18.5 Å². The van der Waals surface area contributed by atoms with Gasteiger partial charge in [0, 0.05) is 6.20 Å². The molecule has 0 aliphatic heterocycles. The van der Waals surface area contributed by atoms with Gasteiger partial charge in [0.2, 0.25) is 5.91 Å². The zero-order valence-electron chi connectivity index (χ0n) is 11.9. The van der Waals surface area contributed by atoms with Gasteiger partial charge in [-0.3, -0.25) is 14.5 Å². The van der Waals surface area contributed by atoms with Crippen LogP contribution in [-0.2, 0) is 9.59 Å². The molecule has 1 atom stereocenters. The van der Waals surface area contributed by atoms with Crippen LogP contribution in [0.25, 0.3) is 0 Å². The predicted octanol–water partition coefficient (Wildman–Crippen LogP) is 2.28. The first-order valence-corrected chi connectivity index (χ1v) is 6.70. The van der Waals surface area contributed by atoms with E-state index < -0.39 is 12.0 Å². The van der Waals surface area contributed by atoms with Gasteiger partial charge in [-0.2, -0.15) is 0 Å². The highest BCUT2D eigenvalue weighted by Crippen LogP contribution is 2.11. The molecule has 0 saturated heterocycles. The minimum Gasteiger partial charge on any atom is -0.480 e. The van der Waals surface area contributed by atoms with Crippen molar-refractivity contribution in [2.24, 2.45) is 0 Å². The van der Waals surface area contributed by atoms with Crippen molar-refractivity contribution in [2.75, 3.05) is 18.4 Å². The van der Waals surface area contributed by atoms with E-state index in [9.17, 15) is 9.59 Å². The van der Waals surface area contributed by atoms with Crippen LogP contribution in [0.15, 0.2) is 18.3 Å². The molecule has 8 heteroatoms. The van der Waals surface area contributed by atoms with Crippen molar-refractivity contribution in [1.29, 1.82) is 0 Å². The summed E-state index contributed by atoms with van der Waals surface area (Å²) in [5.74, 6) is -0.865. The fourth-order valence-electron chi connectivity index (χ4n) is 1.72. The Morgan fingerprint density at radius 1 is 1.48 bits per heavy atom. The van der Waals surface area contributed by atoms with Gasteiger partial charge in [0.05, 0.1) is 17.6 Å². The van der Waals surface area contributed by atoms with Gasteiger partial charge in [-0.05, 0) is 32.0 Å². The average molecular weight is 336 g/mol. The molecule has 0 radical (unpaired) electrons. The second-order valence-electron chi connectivity index (χ2n) is 4.39. The molecule has 118 valence electrons. The lowest BCUT2D eigenvalue weighted by Gasteiger charge is -2.25. The molecule has 1 heterocycles. The molecule has 1 aromatic rings. The van der Waals surface area contributed by atoms with Gasteiger partial charge in [-0.25, -0.2) is 4.98 Å². The highest BCUT2D eigenvalue weighted by atomic mass is 35.5. The number of rotatable bonds is 7. The Labute approximate surface area is 134 Å². The van der Waals surface area contributed by atoms with E-state index in [1.54, 1.807) is 24.0 Å². The number of nitrogens with one attached hydrogen (secondary N) is 1. The molecule has 0 aliphatic carbocycles. The fraction of sp³-hybridized carbons (Fsp3) is 0.462. The summed E-state index contributed by atoms with van der Waals surface area (Å²) in [5.41, 5.74) is 0. The monoisotopic (exact) mass is 335 g/mol. The van der Waals surface area contributed by atoms with Crippen molar-refractivity contribution in [3.63, 3.8) is 0 Å². The summed E-state index contributed by atoms with van der Waals surface area (Å²) < 4.78 is 0. The molecule has 1 rings (SSSR count). The lowest BCUT2D eigenvalue weighted by atomic mass is 10.2. The average Bonchev–Trinajstić information content (AvgIpc) is 2.39. The van der Waals surface area contributed by atoms with Crippen LogP contribution in [0, 0.1) is 0 Å². The van der Waals surface area contributed by atoms with Crippen molar-refractivity contribution in [1.82, 2.24) is 9.88 Å². The Kier molecular flexibility index (Phi) is 8.92. The molecule has 21 heavy (non-hydrogen) atoms. The third kappa shape index (κ3) is 6.75. The number of anilines is 1. The van der Waals surface area contributed by atoms with Crippen molar-refractivity contribution in [3.8, 4) is 0 Å². The topological polar surface area (TPSA) is 82.5 Å². The maximum absolute atomic E-state index is 12.1. The Morgan fingerprint density at radius 2 is 2.14 bits per heavy atom. The molecule has 0 fully saturated rings. The maximum atomic E-state index is 12.1. The van der Waals surface area contributed by atoms with Gasteiger partial charge in [-0.15, -0.1) is 12.4 Å². The Morgan fingerprint density at radius 3 is 2.62 bits per heavy atom. The molecule has 0 aromatic carbocycles. The van der Waals surface area contributed by atoms with Crippen molar-refractivity contribution in [3.05, 3.63) is 23.4 Å². The number of hydrogen-bond acceptors (Lipinski definition) is 4. The van der Waals surface area contributed by atoms with Crippen molar-refractivity contribution < 1.29 is 14.7 Å². The second-order valence-corrected chi connectivity index (χ2v) is 4.83. The van der Waals surface area contributed by atoms with Gasteiger partial charge in [0.15, 0.2) is 0 Å². The normalized spacial score (nSPS) is 11.6.